The summed E-state index contributed by atoms with van der Waals surface area (Å²) in [7, 11) is 0. The van der Waals surface area contributed by atoms with E-state index in [0.717, 1.165) is 11.4 Å². The third-order valence-corrected chi connectivity index (χ3v) is 5.61. The zero-order valence-corrected chi connectivity index (χ0v) is 18.0. The van der Waals surface area contributed by atoms with E-state index in [1.165, 1.54) is 16.3 Å². The lowest BCUT2D eigenvalue weighted by Gasteiger charge is -2.07. The first kappa shape index (κ1) is 19.8. The second-order valence-corrected chi connectivity index (χ2v) is 7.78. The summed E-state index contributed by atoms with van der Waals surface area (Å²) in [5.74, 6) is 0.305. The number of rotatable bonds is 5. The van der Waals surface area contributed by atoms with Crippen molar-refractivity contribution in [2.24, 2.45) is 0 Å². The molecule has 0 atom stereocenters. The van der Waals surface area contributed by atoms with E-state index in [0.29, 0.717) is 23.6 Å². The molecule has 1 amide bonds. The van der Waals surface area contributed by atoms with Crippen molar-refractivity contribution in [3.63, 3.8) is 0 Å². The molecule has 1 N–H and O–H groups in total. The summed E-state index contributed by atoms with van der Waals surface area (Å²) in [6, 6.07) is 26.2. The molecule has 158 valence electrons. The normalized spacial score (nSPS) is 11.1. The number of carbonyl (C=O) groups excluding carboxylic acids is 1. The van der Waals surface area contributed by atoms with Gasteiger partial charge in [0.15, 0.2) is 5.82 Å². The molecule has 0 bridgehead atoms. The van der Waals surface area contributed by atoms with E-state index in [-0.39, 0.29) is 5.91 Å². The average Bonchev–Trinajstić information content (AvgIpc) is 3.37. The topological polar surface area (TPSA) is 64.7 Å². The summed E-state index contributed by atoms with van der Waals surface area (Å²) in [5, 5.41) is 14.5. The van der Waals surface area contributed by atoms with Gasteiger partial charge in [-0.3, -0.25) is 9.48 Å². The van der Waals surface area contributed by atoms with Gasteiger partial charge in [0.05, 0.1) is 29.2 Å². The molecule has 0 saturated carbocycles. The number of aryl methyl sites for hydroxylation is 1. The molecular weight excluding hydrogens is 398 g/mol. The monoisotopic (exact) mass is 421 g/mol. The van der Waals surface area contributed by atoms with Crippen LogP contribution < -0.4 is 5.32 Å². The number of benzene rings is 3. The van der Waals surface area contributed by atoms with Crippen molar-refractivity contribution < 1.29 is 4.79 Å². The molecular formula is C26H23N5O. The van der Waals surface area contributed by atoms with Crippen molar-refractivity contribution in [2.45, 2.75) is 20.4 Å². The third kappa shape index (κ3) is 3.67. The molecule has 0 fully saturated rings. The van der Waals surface area contributed by atoms with E-state index in [4.69, 9.17) is 0 Å². The quantitative estimate of drug-likeness (QED) is 0.427. The Balaban J connectivity index is 1.36. The Kier molecular flexibility index (Phi) is 5.03. The van der Waals surface area contributed by atoms with Crippen molar-refractivity contribution in [3.05, 3.63) is 108 Å². The van der Waals surface area contributed by atoms with Gasteiger partial charge in [-0.2, -0.15) is 10.2 Å². The van der Waals surface area contributed by atoms with Crippen LogP contribution in [0.25, 0.3) is 16.5 Å². The van der Waals surface area contributed by atoms with Crippen LogP contribution in [0.1, 0.15) is 27.3 Å². The summed E-state index contributed by atoms with van der Waals surface area (Å²) < 4.78 is 3.63. The number of hydrogen-bond donors (Lipinski definition) is 1. The van der Waals surface area contributed by atoms with E-state index in [1.54, 1.807) is 4.68 Å². The van der Waals surface area contributed by atoms with Crippen LogP contribution in [0.4, 0.5) is 5.82 Å². The first-order chi connectivity index (χ1) is 15.6. The fourth-order valence-corrected chi connectivity index (χ4v) is 4.09. The van der Waals surface area contributed by atoms with Crippen LogP contribution in [-0.4, -0.2) is 25.5 Å². The van der Waals surface area contributed by atoms with Gasteiger partial charge in [0, 0.05) is 12.3 Å². The molecule has 0 aliphatic rings. The van der Waals surface area contributed by atoms with Crippen LogP contribution in [0.2, 0.25) is 0 Å². The van der Waals surface area contributed by atoms with Gasteiger partial charge in [0.2, 0.25) is 0 Å². The first-order valence-corrected chi connectivity index (χ1v) is 10.5. The largest absolute Gasteiger partial charge is 0.305 e. The molecule has 6 heteroatoms. The second-order valence-electron chi connectivity index (χ2n) is 7.78. The molecule has 0 aliphatic carbocycles. The molecule has 5 aromatic rings. The van der Waals surface area contributed by atoms with Crippen molar-refractivity contribution in [3.8, 4) is 5.69 Å². The van der Waals surface area contributed by atoms with Crippen molar-refractivity contribution >= 4 is 22.5 Å². The first-order valence-electron chi connectivity index (χ1n) is 10.5. The van der Waals surface area contributed by atoms with Gasteiger partial charge in [-0.05, 0) is 42.3 Å². The molecule has 0 unspecified atom stereocenters. The zero-order valence-electron chi connectivity index (χ0n) is 18.0. The predicted octanol–water partition coefficient (Wildman–Crippen LogP) is 5.14. The number of para-hydroxylation sites is 1. The highest BCUT2D eigenvalue weighted by atomic mass is 16.1. The zero-order chi connectivity index (χ0) is 22.1. The Labute approximate surface area is 186 Å². The van der Waals surface area contributed by atoms with Gasteiger partial charge >= 0.3 is 0 Å². The fraction of sp³-hybridized carbons (Fsp3) is 0.115. The Morgan fingerprint density at radius 3 is 2.47 bits per heavy atom. The molecule has 0 spiro atoms. The average molecular weight is 422 g/mol. The minimum absolute atomic E-state index is 0.211. The molecule has 32 heavy (non-hydrogen) atoms. The number of hydrogen-bond acceptors (Lipinski definition) is 3. The van der Waals surface area contributed by atoms with Gasteiger partial charge in [-0.1, -0.05) is 60.7 Å². The minimum Gasteiger partial charge on any atom is -0.305 e. The third-order valence-electron chi connectivity index (χ3n) is 5.61. The fourth-order valence-electron chi connectivity index (χ4n) is 4.09. The van der Waals surface area contributed by atoms with Crippen LogP contribution in [0.15, 0.2) is 85.1 Å². The highest BCUT2D eigenvalue weighted by Crippen LogP contribution is 2.21. The Morgan fingerprint density at radius 2 is 1.62 bits per heavy atom. The van der Waals surface area contributed by atoms with E-state index < -0.39 is 0 Å². The SMILES string of the molecule is Cc1nn(-c2ccccc2)c(C)c1C(=O)Nc1ccn(Cc2cccc3ccccc23)n1. The number of fused-ring (bicyclic) bond motifs is 1. The Hall–Kier alpha value is -4.19. The highest BCUT2D eigenvalue weighted by Gasteiger charge is 2.20. The van der Waals surface area contributed by atoms with Gasteiger partial charge in [0.25, 0.3) is 5.91 Å². The number of aromatic nitrogens is 4. The smallest absolute Gasteiger partial charge is 0.260 e. The van der Waals surface area contributed by atoms with Crippen molar-refractivity contribution in [1.82, 2.24) is 19.6 Å². The van der Waals surface area contributed by atoms with E-state index in [1.807, 2.05) is 73.3 Å². The Morgan fingerprint density at radius 1 is 0.875 bits per heavy atom. The highest BCUT2D eigenvalue weighted by molar-refractivity contribution is 6.05. The molecule has 3 aromatic carbocycles. The molecule has 2 heterocycles. The molecule has 2 aromatic heterocycles. The predicted molar refractivity (Wildman–Crippen MR) is 126 cm³/mol. The molecule has 6 nitrogen and oxygen atoms in total. The maximum atomic E-state index is 13.0. The molecule has 5 rings (SSSR count). The molecule has 0 saturated heterocycles. The lowest BCUT2D eigenvalue weighted by atomic mass is 10.0. The Bertz CT molecular complexity index is 1410. The van der Waals surface area contributed by atoms with Crippen molar-refractivity contribution in [1.29, 1.82) is 0 Å². The number of nitrogens with one attached hydrogen (secondary N) is 1. The summed E-state index contributed by atoms with van der Waals surface area (Å²) in [5.41, 5.74) is 4.14. The van der Waals surface area contributed by atoms with Crippen LogP contribution in [-0.2, 0) is 6.54 Å². The molecule has 0 radical (unpaired) electrons. The summed E-state index contributed by atoms with van der Waals surface area (Å²) in [6.45, 7) is 4.38. The van der Waals surface area contributed by atoms with Crippen LogP contribution in [0.3, 0.4) is 0 Å². The maximum Gasteiger partial charge on any atom is 0.260 e. The van der Waals surface area contributed by atoms with Gasteiger partial charge in [-0.15, -0.1) is 0 Å². The van der Waals surface area contributed by atoms with E-state index in [2.05, 4.69) is 45.8 Å². The summed E-state index contributed by atoms with van der Waals surface area (Å²) in [6.07, 6.45) is 1.88. The summed E-state index contributed by atoms with van der Waals surface area (Å²) >= 11 is 0. The lowest BCUT2D eigenvalue weighted by molar-refractivity contribution is 0.102. The second kappa shape index (κ2) is 8.15. The maximum absolute atomic E-state index is 13.0. The van der Waals surface area contributed by atoms with E-state index in [9.17, 15) is 4.79 Å². The number of amides is 1. The van der Waals surface area contributed by atoms with Gasteiger partial charge in [-0.25, -0.2) is 4.68 Å². The van der Waals surface area contributed by atoms with Gasteiger partial charge < -0.3 is 5.32 Å². The van der Waals surface area contributed by atoms with Crippen LogP contribution >= 0.6 is 0 Å². The van der Waals surface area contributed by atoms with Crippen molar-refractivity contribution in [2.75, 3.05) is 5.32 Å². The number of nitrogens with zero attached hydrogens (tertiary/aromatic N) is 4. The van der Waals surface area contributed by atoms with E-state index >= 15 is 0 Å². The summed E-state index contributed by atoms with van der Waals surface area (Å²) in [4.78, 5) is 13.0. The van der Waals surface area contributed by atoms with Crippen LogP contribution in [0.5, 0.6) is 0 Å². The minimum atomic E-state index is -0.211. The standard InChI is InChI=1S/C26H23N5O/c1-18-25(19(2)31(28-18)22-12-4-3-5-13-22)26(32)27-24-15-16-30(29-24)17-21-11-8-10-20-9-6-7-14-23(20)21/h3-16H,17H2,1-2H3,(H,27,29,32). The molecule has 0 aliphatic heterocycles. The number of carbonyl (C=O) groups is 1. The number of anilines is 1. The van der Waals surface area contributed by atoms with Crippen LogP contribution in [0, 0.1) is 13.8 Å². The van der Waals surface area contributed by atoms with Gasteiger partial charge in [0.1, 0.15) is 0 Å². The lowest BCUT2D eigenvalue weighted by Crippen LogP contribution is -2.15.